The topological polar surface area (TPSA) is 121 Å². The number of anilines is 1. The number of nitrogens with zero attached hydrogens (tertiary/aromatic N) is 2. The summed E-state index contributed by atoms with van der Waals surface area (Å²) in [7, 11) is 2.45. The van der Waals surface area contributed by atoms with Crippen LogP contribution in [0.4, 0.5) is 5.69 Å². The van der Waals surface area contributed by atoms with E-state index in [0.717, 1.165) is 16.6 Å². The molecule has 3 aromatic rings. The smallest absolute Gasteiger partial charge is 0.355 e. The Morgan fingerprint density at radius 1 is 1.03 bits per heavy atom. The fourth-order valence-corrected chi connectivity index (χ4v) is 4.44. The molecule has 4 rings (SSSR count). The van der Waals surface area contributed by atoms with Gasteiger partial charge in [0.15, 0.2) is 0 Å². The summed E-state index contributed by atoms with van der Waals surface area (Å²) in [5.74, 6) is -2.41. The molecule has 0 bridgehead atoms. The Bertz CT molecular complexity index is 1450. The number of hydrogen-bond acceptors (Lipinski definition) is 7. The first-order valence-corrected chi connectivity index (χ1v) is 11.4. The summed E-state index contributed by atoms with van der Waals surface area (Å²) in [5.41, 5.74) is 9.55. The Kier molecular flexibility index (Phi) is 6.34. The van der Waals surface area contributed by atoms with Crippen LogP contribution in [0.3, 0.4) is 0 Å². The summed E-state index contributed by atoms with van der Waals surface area (Å²) in [5, 5.41) is 11.1. The molecular formula is C28H28N4O4. The molecule has 1 aliphatic rings. The van der Waals surface area contributed by atoms with Crippen molar-refractivity contribution in [1.29, 1.82) is 5.26 Å². The first kappa shape index (κ1) is 24.6. The van der Waals surface area contributed by atoms with E-state index >= 15 is 0 Å². The Balaban J connectivity index is 2.02. The van der Waals surface area contributed by atoms with E-state index in [-0.39, 0.29) is 28.1 Å². The van der Waals surface area contributed by atoms with Gasteiger partial charge in [-0.25, -0.2) is 9.59 Å². The van der Waals surface area contributed by atoms with Crippen LogP contribution in [0.1, 0.15) is 37.9 Å². The molecule has 1 unspecified atom stereocenters. The van der Waals surface area contributed by atoms with E-state index in [1.54, 1.807) is 30.3 Å². The van der Waals surface area contributed by atoms with E-state index in [1.165, 1.54) is 19.1 Å². The average molecular weight is 485 g/mol. The number of carbonyl (C=O) groups is 2. The number of aromatic amines is 1. The number of carbonyl (C=O) groups excluding carboxylic acids is 2. The molecule has 0 saturated heterocycles. The second-order valence-electron chi connectivity index (χ2n) is 9.54. The number of nitrogens with one attached hydrogen (secondary N) is 1. The molecular weight excluding hydrogens is 456 g/mol. The molecule has 1 atom stereocenters. The molecule has 0 amide bonds. The number of nitrogens with two attached hydrogens (primary N) is 1. The van der Waals surface area contributed by atoms with Crippen molar-refractivity contribution in [2.75, 3.05) is 19.1 Å². The summed E-state index contributed by atoms with van der Waals surface area (Å²) < 4.78 is 10.2. The molecule has 1 aromatic heterocycles. The van der Waals surface area contributed by atoms with Crippen LogP contribution in [0.25, 0.3) is 10.9 Å². The summed E-state index contributed by atoms with van der Waals surface area (Å²) in [6.07, 6.45) is 0. The van der Waals surface area contributed by atoms with Crippen LogP contribution >= 0.6 is 0 Å². The lowest BCUT2D eigenvalue weighted by Gasteiger charge is -2.35. The number of esters is 2. The molecule has 1 aliphatic heterocycles. The van der Waals surface area contributed by atoms with Gasteiger partial charge in [0.05, 0.1) is 37.4 Å². The molecule has 36 heavy (non-hydrogen) atoms. The Morgan fingerprint density at radius 3 is 2.28 bits per heavy atom. The van der Waals surface area contributed by atoms with Crippen molar-refractivity contribution in [2.45, 2.75) is 32.1 Å². The van der Waals surface area contributed by atoms with Gasteiger partial charge in [0, 0.05) is 27.7 Å². The van der Waals surface area contributed by atoms with Gasteiger partial charge < -0.3 is 20.2 Å². The second-order valence-corrected chi connectivity index (χ2v) is 9.54. The van der Waals surface area contributed by atoms with E-state index in [2.05, 4.69) is 31.8 Å². The number of nitriles is 1. The molecule has 2 heterocycles. The molecule has 8 heteroatoms. The van der Waals surface area contributed by atoms with Crippen LogP contribution in [-0.2, 0) is 24.5 Å². The predicted octanol–water partition coefficient (Wildman–Crippen LogP) is 4.36. The zero-order chi connectivity index (χ0) is 26.2. The minimum atomic E-state index is -0.905. The van der Waals surface area contributed by atoms with Gasteiger partial charge in [0.25, 0.3) is 0 Å². The van der Waals surface area contributed by atoms with Crippen LogP contribution in [0.15, 0.2) is 77.3 Å². The number of benzene rings is 2. The number of aromatic nitrogens is 1. The summed E-state index contributed by atoms with van der Waals surface area (Å²) >= 11 is 0. The Hall–Kier alpha value is -4.51. The Morgan fingerprint density at radius 2 is 1.69 bits per heavy atom. The van der Waals surface area contributed by atoms with Crippen molar-refractivity contribution in [2.24, 2.45) is 5.73 Å². The van der Waals surface area contributed by atoms with Gasteiger partial charge in [-0.15, -0.1) is 0 Å². The lowest BCUT2D eigenvalue weighted by molar-refractivity contribution is -0.139. The molecule has 0 spiro atoms. The van der Waals surface area contributed by atoms with Crippen molar-refractivity contribution in [3.8, 4) is 6.07 Å². The summed E-state index contributed by atoms with van der Waals surface area (Å²) in [6, 6.07) is 18.6. The number of methoxy groups -OCH3 is 2. The minimum Gasteiger partial charge on any atom is -0.466 e. The van der Waals surface area contributed by atoms with Gasteiger partial charge in [-0.1, -0.05) is 51.1 Å². The monoisotopic (exact) mass is 484 g/mol. The molecule has 8 nitrogen and oxygen atoms in total. The maximum Gasteiger partial charge on any atom is 0.355 e. The van der Waals surface area contributed by atoms with E-state index in [0.29, 0.717) is 11.3 Å². The third kappa shape index (κ3) is 4.09. The van der Waals surface area contributed by atoms with Gasteiger partial charge in [0.1, 0.15) is 11.5 Å². The molecule has 2 aromatic carbocycles. The van der Waals surface area contributed by atoms with Crippen LogP contribution < -0.4 is 10.6 Å². The molecule has 184 valence electrons. The molecule has 0 fully saturated rings. The van der Waals surface area contributed by atoms with Crippen molar-refractivity contribution >= 4 is 28.5 Å². The standard InChI is InChI=1S/C28H28N4O4/c1-28(2,3)21-14-17-13-18(11-12-20(17)31-21)32-24(27(34)36-5)23(26(33)35-4)22(19(15-29)25(32)30)16-9-7-6-8-10-16/h6-14,22,31H,30H2,1-5H3. The largest absolute Gasteiger partial charge is 0.466 e. The number of allylic oxidation sites excluding steroid dienone is 1. The second kappa shape index (κ2) is 9.27. The average Bonchev–Trinajstić information content (AvgIpc) is 3.31. The van der Waals surface area contributed by atoms with E-state index in [9.17, 15) is 14.9 Å². The number of ether oxygens (including phenoxy) is 2. The summed E-state index contributed by atoms with van der Waals surface area (Å²) in [6.45, 7) is 6.31. The molecule has 3 N–H and O–H groups in total. The third-order valence-corrected chi connectivity index (χ3v) is 6.28. The normalized spacial score (nSPS) is 16.2. The highest BCUT2D eigenvalue weighted by Crippen LogP contribution is 2.43. The number of hydrogen-bond donors (Lipinski definition) is 2. The quantitative estimate of drug-likeness (QED) is 0.528. The highest BCUT2D eigenvalue weighted by Gasteiger charge is 2.43. The van der Waals surface area contributed by atoms with Crippen molar-refractivity contribution in [1.82, 2.24) is 4.98 Å². The fourth-order valence-electron chi connectivity index (χ4n) is 4.44. The van der Waals surface area contributed by atoms with E-state index in [1.807, 2.05) is 24.3 Å². The first-order valence-electron chi connectivity index (χ1n) is 11.4. The van der Waals surface area contributed by atoms with Gasteiger partial charge >= 0.3 is 11.9 Å². The molecule has 0 saturated carbocycles. The summed E-state index contributed by atoms with van der Waals surface area (Å²) in [4.78, 5) is 31.2. The highest BCUT2D eigenvalue weighted by atomic mass is 16.5. The zero-order valence-corrected chi connectivity index (χ0v) is 20.9. The van der Waals surface area contributed by atoms with Crippen molar-refractivity contribution in [3.05, 3.63) is 88.5 Å². The first-order chi connectivity index (χ1) is 17.1. The SMILES string of the molecule is COC(=O)C1=C(C(=O)OC)N(c2ccc3[nH]c(C(C)(C)C)cc3c2)C(N)=C(C#N)C1c1ccccc1. The van der Waals surface area contributed by atoms with Crippen LogP contribution in [-0.4, -0.2) is 31.1 Å². The van der Waals surface area contributed by atoms with Crippen molar-refractivity contribution < 1.29 is 19.1 Å². The maximum absolute atomic E-state index is 13.2. The lowest BCUT2D eigenvalue weighted by Crippen LogP contribution is -2.40. The van der Waals surface area contributed by atoms with Gasteiger partial charge in [-0.05, 0) is 29.8 Å². The van der Waals surface area contributed by atoms with E-state index < -0.39 is 17.9 Å². The van der Waals surface area contributed by atoms with Crippen LogP contribution in [0.2, 0.25) is 0 Å². The lowest BCUT2D eigenvalue weighted by atomic mass is 9.81. The van der Waals surface area contributed by atoms with Gasteiger partial charge in [-0.2, -0.15) is 5.26 Å². The number of fused-ring (bicyclic) bond motifs is 1. The van der Waals surface area contributed by atoms with Gasteiger partial charge in [-0.3, -0.25) is 4.90 Å². The third-order valence-electron chi connectivity index (χ3n) is 6.28. The predicted molar refractivity (Wildman–Crippen MR) is 137 cm³/mol. The minimum absolute atomic E-state index is 0.0224. The van der Waals surface area contributed by atoms with Crippen LogP contribution in [0, 0.1) is 11.3 Å². The molecule has 0 aliphatic carbocycles. The van der Waals surface area contributed by atoms with Crippen LogP contribution in [0.5, 0.6) is 0 Å². The maximum atomic E-state index is 13.2. The number of rotatable bonds is 4. The zero-order valence-electron chi connectivity index (χ0n) is 20.9. The fraction of sp³-hybridized carbons (Fsp3) is 0.250. The van der Waals surface area contributed by atoms with E-state index in [4.69, 9.17) is 15.2 Å². The van der Waals surface area contributed by atoms with Crippen molar-refractivity contribution in [3.63, 3.8) is 0 Å². The highest BCUT2D eigenvalue weighted by molar-refractivity contribution is 6.06. The number of H-pyrrole nitrogens is 1. The van der Waals surface area contributed by atoms with Gasteiger partial charge in [0.2, 0.25) is 0 Å². The Labute approximate surface area is 209 Å². The molecule has 0 radical (unpaired) electrons.